The third kappa shape index (κ3) is 2.10. The lowest BCUT2D eigenvalue weighted by atomic mass is 9.83. The van der Waals surface area contributed by atoms with Crippen molar-refractivity contribution >= 4 is 22.5 Å². The van der Waals surface area contributed by atoms with Crippen molar-refractivity contribution in [2.24, 2.45) is 5.41 Å². The second-order valence-electron chi connectivity index (χ2n) is 5.19. The van der Waals surface area contributed by atoms with Crippen molar-refractivity contribution in [1.82, 2.24) is 15.5 Å². The molecule has 0 aliphatic carbocycles. The number of aromatic amines is 1. The maximum atomic E-state index is 12.5. The molecule has 0 spiro atoms. The smallest absolute Gasteiger partial charge is 0.231 e. The van der Waals surface area contributed by atoms with E-state index >= 15 is 0 Å². The molecule has 2 aromatic rings. The number of H-pyrrole nitrogens is 1. The van der Waals surface area contributed by atoms with Crippen molar-refractivity contribution in [2.75, 3.05) is 18.4 Å². The van der Waals surface area contributed by atoms with Crippen LogP contribution in [0, 0.1) is 5.41 Å². The number of anilines is 1. The molecule has 1 amide bonds. The van der Waals surface area contributed by atoms with Gasteiger partial charge >= 0.3 is 0 Å². The van der Waals surface area contributed by atoms with Gasteiger partial charge < -0.3 is 10.6 Å². The van der Waals surface area contributed by atoms with Crippen LogP contribution < -0.4 is 10.6 Å². The van der Waals surface area contributed by atoms with E-state index in [2.05, 4.69) is 27.8 Å². The van der Waals surface area contributed by atoms with Crippen LogP contribution in [-0.2, 0) is 4.79 Å². The van der Waals surface area contributed by atoms with Crippen LogP contribution in [-0.4, -0.2) is 29.2 Å². The molecule has 2 heterocycles. The zero-order valence-corrected chi connectivity index (χ0v) is 11.0. The summed E-state index contributed by atoms with van der Waals surface area (Å²) in [6, 6.07) is 5.79. The lowest BCUT2D eigenvalue weighted by Gasteiger charge is -2.25. The highest BCUT2D eigenvalue weighted by molar-refractivity contribution is 5.97. The van der Waals surface area contributed by atoms with Crippen molar-refractivity contribution in [3.63, 3.8) is 0 Å². The second-order valence-corrected chi connectivity index (χ2v) is 5.19. The average molecular weight is 258 g/mol. The minimum Gasteiger partial charge on any atom is -0.326 e. The van der Waals surface area contributed by atoms with Gasteiger partial charge in [0.15, 0.2) is 0 Å². The number of carbonyl (C=O) groups excluding carboxylic acids is 1. The molecule has 100 valence electrons. The number of amides is 1. The SMILES string of the molecule is CC[C@]1(C(=O)Nc2ccc3[nH]ncc3c2)CCNC1. The van der Waals surface area contributed by atoms with E-state index in [-0.39, 0.29) is 11.3 Å². The van der Waals surface area contributed by atoms with E-state index in [0.717, 1.165) is 42.5 Å². The van der Waals surface area contributed by atoms with Crippen LogP contribution in [0.5, 0.6) is 0 Å². The standard InChI is InChI=1S/C14H18N4O/c1-2-14(5-6-15-9-14)13(19)17-11-3-4-12-10(7-11)8-16-18-12/h3-4,7-8,15H,2,5-6,9H2,1H3,(H,16,18)(H,17,19)/t14-/m0/s1. The Kier molecular flexibility index (Phi) is 2.98. The molecule has 1 aromatic heterocycles. The second kappa shape index (κ2) is 4.66. The van der Waals surface area contributed by atoms with Gasteiger partial charge in [0.2, 0.25) is 5.91 Å². The summed E-state index contributed by atoms with van der Waals surface area (Å²) < 4.78 is 0. The van der Waals surface area contributed by atoms with Crippen molar-refractivity contribution in [2.45, 2.75) is 19.8 Å². The van der Waals surface area contributed by atoms with Gasteiger partial charge in [0.05, 0.1) is 17.1 Å². The van der Waals surface area contributed by atoms with Crippen LogP contribution in [0.25, 0.3) is 10.9 Å². The van der Waals surface area contributed by atoms with Gasteiger partial charge in [-0.3, -0.25) is 9.89 Å². The van der Waals surface area contributed by atoms with Gasteiger partial charge in [-0.15, -0.1) is 0 Å². The molecule has 5 nitrogen and oxygen atoms in total. The first kappa shape index (κ1) is 12.2. The van der Waals surface area contributed by atoms with Crippen molar-refractivity contribution in [3.8, 4) is 0 Å². The van der Waals surface area contributed by atoms with Gasteiger partial charge in [0.25, 0.3) is 0 Å². The average Bonchev–Trinajstić information content (AvgIpc) is 3.07. The van der Waals surface area contributed by atoms with E-state index < -0.39 is 0 Å². The molecule has 1 aliphatic rings. The van der Waals surface area contributed by atoms with E-state index in [1.54, 1.807) is 6.20 Å². The molecule has 5 heteroatoms. The Morgan fingerprint density at radius 1 is 1.53 bits per heavy atom. The normalized spacial score (nSPS) is 22.8. The fourth-order valence-electron chi connectivity index (χ4n) is 2.68. The topological polar surface area (TPSA) is 69.8 Å². The Labute approximate surface area is 111 Å². The third-order valence-corrected chi connectivity index (χ3v) is 4.10. The Hall–Kier alpha value is -1.88. The number of rotatable bonds is 3. The molecule has 1 saturated heterocycles. The molecule has 1 aromatic carbocycles. The molecule has 0 radical (unpaired) electrons. The first-order valence-corrected chi connectivity index (χ1v) is 6.69. The fraction of sp³-hybridized carbons (Fsp3) is 0.429. The number of nitrogens with zero attached hydrogens (tertiary/aromatic N) is 1. The Balaban J connectivity index is 1.81. The quantitative estimate of drug-likeness (QED) is 0.787. The van der Waals surface area contributed by atoms with Crippen LogP contribution in [0.2, 0.25) is 0 Å². The highest BCUT2D eigenvalue weighted by Gasteiger charge is 2.39. The largest absolute Gasteiger partial charge is 0.326 e. The molecular weight excluding hydrogens is 240 g/mol. The highest BCUT2D eigenvalue weighted by Crippen LogP contribution is 2.31. The molecule has 19 heavy (non-hydrogen) atoms. The summed E-state index contributed by atoms with van der Waals surface area (Å²) in [5, 5.41) is 14.2. The van der Waals surface area contributed by atoms with Crippen LogP contribution in [0.1, 0.15) is 19.8 Å². The molecule has 1 atom stereocenters. The Morgan fingerprint density at radius 2 is 2.42 bits per heavy atom. The zero-order valence-electron chi connectivity index (χ0n) is 11.0. The minimum absolute atomic E-state index is 0.114. The maximum absolute atomic E-state index is 12.5. The number of benzene rings is 1. The summed E-state index contributed by atoms with van der Waals surface area (Å²) in [5.74, 6) is 0.114. The summed E-state index contributed by atoms with van der Waals surface area (Å²) >= 11 is 0. The predicted molar refractivity (Wildman–Crippen MR) is 74.9 cm³/mol. The number of carbonyl (C=O) groups is 1. The van der Waals surface area contributed by atoms with E-state index in [1.165, 1.54) is 0 Å². The fourth-order valence-corrected chi connectivity index (χ4v) is 2.68. The summed E-state index contributed by atoms with van der Waals surface area (Å²) in [6.45, 7) is 3.76. The van der Waals surface area contributed by atoms with Crippen LogP contribution in [0.15, 0.2) is 24.4 Å². The first-order chi connectivity index (χ1) is 9.23. The molecule has 3 N–H and O–H groups in total. The van der Waals surface area contributed by atoms with Gasteiger partial charge in [-0.05, 0) is 37.6 Å². The molecule has 1 fully saturated rings. The summed E-state index contributed by atoms with van der Waals surface area (Å²) in [6.07, 6.45) is 3.53. The van der Waals surface area contributed by atoms with Crippen LogP contribution >= 0.6 is 0 Å². The number of hydrogen-bond acceptors (Lipinski definition) is 3. The minimum atomic E-state index is -0.259. The van der Waals surface area contributed by atoms with Crippen molar-refractivity contribution < 1.29 is 4.79 Å². The summed E-state index contributed by atoms with van der Waals surface area (Å²) in [4.78, 5) is 12.5. The lowest BCUT2D eigenvalue weighted by Crippen LogP contribution is -2.37. The van der Waals surface area contributed by atoms with Gasteiger partial charge in [-0.1, -0.05) is 6.92 Å². The molecule has 3 rings (SSSR count). The van der Waals surface area contributed by atoms with Crippen LogP contribution in [0.4, 0.5) is 5.69 Å². The van der Waals surface area contributed by atoms with Gasteiger partial charge in [0, 0.05) is 17.6 Å². The van der Waals surface area contributed by atoms with E-state index in [0.29, 0.717) is 0 Å². The molecule has 0 saturated carbocycles. The lowest BCUT2D eigenvalue weighted by molar-refractivity contribution is -0.124. The first-order valence-electron chi connectivity index (χ1n) is 6.69. The molecule has 1 aliphatic heterocycles. The molecule has 0 unspecified atom stereocenters. The van der Waals surface area contributed by atoms with Gasteiger partial charge in [0.1, 0.15) is 0 Å². The van der Waals surface area contributed by atoms with Crippen molar-refractivity contribution in [3.05, 3.63) is 24.4 Å². The predicted octanol–water partition coefficient (Wildman–Crippen LogP) is 1.89. The number of aromatic nitrogens is 2. The van der Waals surface area contributed by atoms with Crippen LogP contribution in [0.3, 0.4) is 0 Å². The monoisotopic (exact) mass is 258 g/mol. The van der Waals surface area contributed by atoms with E-state index in [9.17, 15) is 4.79 Å². The Morgan fingerprint density at radius 3 is 3.16 bits per heavy atom. The van der Waals surface area contributed by atoms with Crippen molar-refractivity contribution in [1.29, 1.82) is 0 Å². The number of nitrogens with one attached hydrogen (secondary N) is 3. The van der Waals surface area contributed by atoms with Gasteiger partial charge in [-0.25, -0.2) is 0 Å². The third-order valence-electron chi connectivity index (χ3n) is 4.10. The number of fused-ring (bicyclic) bond motifs is 1. The highest BCUT2D eigenvalue weighted by atomic mass is 16.2. The number of hydrogen-bond donors (Lipinski definition) is 3. The Bertz CT molecular complexity index is 598. The van der Waals surface area contributed by atoms with E-state index in [1.807, 2.05) is 18.2 Å². The summed E-state index contributed by atoms with van der Waals surface area (Å²) in [5.41, 5.74) is 1.55. The maximum Gasteiger partial charge on any atom is 0.231 e. The van der Waals surface area contributed by atoms with E-state index in [4.69, 9.17) is 0 Å². The van der Waals surface area contributed by atoms with Gasteiger partial charge in [-0.2, -0.15) is 5.10 Å². The molecular formula is C14H18N4O. The molecule has 0 bridgehead atoms. The summed E-state index contributed by atoms with van der Waals surface area (Å²) in [7, 11) is 0. The zero-order chi connectivity index (χ0) is 13.3.